The maximum atomic E-state index is 13.0. The van der Waals surface area contributed by atoms with Gasteiger partial charge in [-0.3, -0.25) is 4.79 Å². The second-order valence-electron chi connectivity index (χ2n) is 9.45. The van der Waals surface area contributed by atoms with Gasteiger partial charge in [0.05, 0.1) is 45.5 Å². The molecule has 1 amide bonds. The molecule has 0 aliphatic carbocycles. The van der Waals surface area contributed by atoms with E-state index in [9.17, 15) is 14.7 Å². The van der Waals surface area contributed by atoms with Gasteiger partial charge in [0.2, 0.25) is 0 Å². The topological polar surface area (TPSA) is 77.3 Å². The summed E-state index contributed by atoms with van der Waals surface area (Å²) >= 11 is 0. The number of piperidine rings is 1. The summed E-state index contributed by atoms with van der Waals surface area (Å²) < 4.78 is 5.52. The highest BCUT2D eigenvalue weighted by molar-refractivity contribution is 5.94. The molecule has 2 aliphatic heterocycles. The van der Waals surface area contributed by atoms with Crippen molar-refractivity contribution in [3.05, 3.63) is 60.2 Å². The number of benzene rings is 2. The summed E-state index contributed by atoms with van der Waals surface area (Å²) in [7, 11) is 1.71. The number of piperazine rings is 1. The molecule has 2 aromatic carbocycles. The van der Waals surface area contributed by atoms with Gasteiger partial charge in [-0.1, -0.05) is 30.3 Å². The van der Waals surface area contributed by atoms with Gasteiger partial charge in [-0.25, -0.2) is 0 Å². The fraction of sp³-hybridized carbons (Fsp3) is 0.481. The lowest BCUT2D eigenvalue weighted by molar-refractivity contribution is -0.901. The summed E-state index contributed by atoms with van der Waals surface area (Å²) in [6, 6.07) is 17.5. The van der Waals surface area contributed by atoms with E-state index in [0.29, 0.717) is 25.1 Å². The lowest BCUT2D eigenvalue weighted by Crippen LogP contribution is -3.15. The Morgan fingerprint density at radius 1 is 1.00 bits per heavy atom. The van der Waals surface area contributed by atoms with Crippen molar-refractivity contribution in [2.75, 3.05) is 57.8 Å². The Morgan fingerprint density at radius 3 is 2.41 bits per heavy atom. The van der Waals surface area contributed by atoms with Crippen LogP contribution in [0.25, 0.3) is 0 Å². The van der Waals surface area contributed by atoms with Gasteiger partial charge < -0.3 is 29.3 Å². The number of amides is 1. The van der Waals surface area contributed by atoms with Gasteiger partial charge in [0.15, 0.2) is 0 Å². The predicted octanol–water partition coefficient (Wildman–Crippen LogP) is 0.709. The van der Waals surface area contributed by atoms with Crippen LogP contribution in [0.15, 0.2) is 54.6 Å². The third kappa shape index (κ3) is 5.89. The van der Waals surface area contributed by atoms with Gasteiger partial charge in [0.1, 0.15) is 5.75 Å². The molecule has 182 valence electrons. The van der Waals surface area contributed by atoms with Crippen molar-refractivity contribution in [2.45, 2.75) is 19.3 Å². The molecule has 2 aliphatic rings. The fourth-order valence-corrected chi connectivity index (χ4v) is 5.43. The molecule has 0 saturated carbocycles. The van der Waals surface area contributed by atoms with E-state index in [4.69, 9.17) is 4.74 Å². The summed E-state index contributed by atoms with van der Waals surface area (Å²) in [5.41, 5.74) is 1.83. The Hall–Kier alpha value is -3.06. The highest BCUT2D eigenvalue weighted by Gasteiger charge is 2.33. The Balaban J connectivity index is 1.33. The number of ether oxygens (including phenoxy) is 1. The minimum atomic E-state index is -0.990. The predicted molar refractivity (Wildman–Crippen MR) is 129 cm³/mol. The monoisotopic (exact) mass is 465 g/mol. The number of anilines is 1. The number of carboxylic acid groups (broad SMARTS) is 1. The number of hydrogen-bond donors (Lipinski definition) is 1. The van der Waals surface area contributed by atoms with Gasteiger partial charge in [0.25, 0.3) is 5.91 Å². The van der Waals surface area contributed by atoms with Crippen molar-refractivity contribution in [3.8, 4) is 5.75 Å². The standard InChI is InChI=1S/C27H35N3O4/c1-34-25-10-6-5-9-24(25)29-17-15-28(16-18-29)13-11-23-20-30(14-12-22(23)19-26(31)32)27(33)21-7-3-2-4-8-21/h2-10,22-23H,11-20H2,1H3,(H,31,32)/t22-,23-/m0/s1. The number of nitrogens with zero attached hydrogens (tertiary/aromatic N) is 2. The number of rotatable bonds is 8. The average molecular weight is 466 g/mol. The van der Waals surface area contributed by atoms with Crippen LogP contribution in [0.3, 0.4) is 0 Å². The molecule has 2 fully saturated rings. The zero-order valence-corrected chi connectivity index (χ0v) is 19.9. The van der Waals surface area contributed by atoms with Crippen molar-refractivity contribution in [2.24, 2.45) is 11.8 Å². The molecule has 0 unspecified atom stereocenters. The molecule has 0 spiro atoms. The molecule has 2 heterocycles. The quantitative estimate of drug-likeness (QED) is 0.621. The van der Waals surface area contributed by atoms with Crippen molar-refractivity contribution in [1.82, 2.24) is 4.90 Å². The average Bonchev–Trinajstić information content (AvgIpc) is 2.88. The van der Waals surface area contributed by atoms with Gasteiger partial charge in [0, 0.05) is 31.0 Å². The molecule has 0 radical (unpaired) electrons. The molecule has 2 aromatic rings. The molecule has 7 nitrogen and oxygen atoms in total. The van der Waals surface area contributed by atoms with Crippen LogP contribution in [0, 0.1) is 11.8 Å². The number of para-hydroxylation sites is 2. The highest BCUT2D eigenvalue weighted by Crippen LogP contribution is 2.30. The van der Waals surface area contributed by atoms with E-state index >= 15 is 0 Å². The Labute approximate surface area is 201 Å². The van der Waals surface area contributed by atoms with Crippen molar-refractivity contribution < 1.29 is 24.3 Å². The van der Waals surface area contributed by atoms with Crippen molar-refractivity contribution >= 4 is 17.6 Å². The van der Waals surface area contributed by atoms with E-state index in [1.54, 1.807) is 7.11 Å². The fourth-order valence-electron chi connectivity index (χ4n) is 5.43. The number of quaternary nitrogens is 1. The number of nitrogens with one attached hydrogen (secondary N) is 1. The zero-order valence-electron chi connectivity index (χ0n) is 19.9. The number of carbonyl (C=O) groups is 2. The van der Waals surface area contributed by atoms with E-state index in [-0.39, 0.29) is 24.2 Å². The molecule has 7 heteroatoms. The molecular formula is C27H35N3O4. The summed E-state index contributed by atoms with van der Waals surface area (Å²) in [6.45, 7) is 6.19. The maximum absolute atomic E-state index is 13.0. The number of carboxylic acids is 1. The van der Waals surface area contributed by atoms with Crippen LogP contribution in [0.4, 0.5) is 5.69 Å². The van der Waals surface area contributed by atoms with Crippen LogP contribution in [-0.4, -0.2) is 69.7 Å². The SMILES string of the molecule is COc1ccccc1N1CC[NH+](CC[C@H]2CN(C(=O)c3ccccc3)CC[C@H]2CC(=O)[O-])CC1. The third-order valence-electron chi connectivity index (χ3n) is 7.39. The number of aliphatic carboxylic acids is 1. The van der Waals surface area contributed by atoms with Gasteiger partial charge in [-0.2, -0.15) is 0 Å². The Bertz CT molecular complexity index is 959. The van der Waals surface area contributed by atoms with Crippen molar-refractivity contribution in [1.29, 1.82) is 0 Å². The van der Waals surface area contributed by atoms with E-state index in [0.717, 1.165) is 50.6 Å². The Morgan fingerprint density at radius 2 is 1.71 bits per heavy atom. The highest BCUT2D eigenvalue weighted by atomic mass is 16.5. The molecule has 0 bridgehead atoms. The van der Waals surface area contributed by atoms with E-state index < -0.39 is 5.97 Å². The van der Waals surface area contributed by atoms with Gasteiger partial charge >= 0.3 is 0 Å². The van der Waals surface area contributed by atoms with Crippen LogP contribution in [0.2, 0.25) is 0 Å². The van der Waals surface area contributed by atoms with Gasteiger partial charge in [-0.15, -0.1) is 0 Å². The first-order chi connectivity index (χ1) is 16.5. The molecule has 4 rings (SSSR count). The minimum Gasteiger partial charge on any atom is -0.550 e. The smallest absolute Gasteiger partial charge is 0.253 e. The Kier molecular flexibility index (Phi) is 8.06. The molecule has 34 heavy (non-hydrogen) atoms. The van der Waals surface area contributed by atoms with E-state index in [2.05, 4.69) is 11.0 Å². The minimum absolute atomic E-state index is 0.0373. The van der Waals surface area contributed by atoms with E-state index in [1.807, 2.05) is 53.4 Å². The molecular weight excluding hydrogens is 430 g/mol. The number of methoxy groups -OCH3 is 1. The first kappa shape index (κ1) is 24.1. The maximum Gasteiger partial charge on any atom is 0.253 e. The van der Waals surface area contributed by atoms with E-state index in [1.165, 1.54) is 4.90 Å². The normalized spacial score (nSPS) is 21.3. The molecule has 2 atom stereocenters. The zero-order chi connectivity index (χ0) is 23.9. The molecule has 0 aromatic heterocycles. The number of likely N-dealkylation sites (tertiary alicyclic amines) is 1. The summed E-state index contributed by atoms with van der Waals surface area (Å²) in [5.74, 6) is 0.200. The van der Waals surface area contributed by atoms with Gasteiger partial charge in [-0.05, 0) is 48.9 Å². The van der Waals surface area contributed by atoms with Crippen LogP contribution >= 0.6 is 0 Å². The van der Waals surface area contributed by atoms with Crippen LogP contribution < -0.4 is 19.6 Å². The second-order valence-corrected chi connectivity index (χ2v) is 9.45. The lowest BCUT2D eigenvalue weighted by atomic mass is 9.81. The third-order valence-corrected chi connectivity index (χ3v) is 7.39. The van der Waals surface area contributed by atoms with Crippen LogP contribution in [0.5, 0.6) is 5.75 Å². The number of carbonyl (C=O) groups excluding carboxylic acids is 2. The first-order valence-electron chi connectivity index (χ1n) is 12.3. The molecule has 1 N–H and O–H groups in total. The lowest BCUT2D eigenvalue weighted by Gasteiger charge is -2.40. The molecule has 2 saturated heterocycles. The van der Waals surface area contributed by atoms with Crippen molar-refractivity contribution in [3.63, 3.8) is 0 Å². The summed E-state index contributed by atoms with van der Waals surface area (Å²) in [4.78, 5) is 30.2. The first-order valence-corrected chi connectivity index (χ1v) is 12.3. The summed E-state index contributed by atoms with van der Waals surface area (Å²) in [5, 5.41) is 11.4. The summed E-state index contributed by atoms with van der Waals surface area (Å²) in [6.07, 6.45) is 1.71. The van der Waals surface area contributed by atoms with Crippen LogP contribution in [0.1, 0.15) is 29.6 Å². The van der Waals surface area contributed by atoms with Crippen LogP contribution in [-0.2, 0) is 4.79 Å². The second kappa shape index (κ2) is 11.4. The number of hydrogen-bond acceptors (Lipinski definition) is 5. The largest absolute Gasteiger partial charge is 0.550 e.